The van der Waals surface area contributed by atoms with E-state index in [0.29, 0.717) is 5.69 Å². The molecule has 0 radical (unpaired) electrons. The van der Waals surface area contributed by atoms with Gasteiger partial charge in [0, 0.05) is 23.1 Å². The molecule has 2 amide bonds. The summed E-state index contributed by atoms with van der Waals surface area (Å²) in [6.07, 6.45) is -0.0771. The Kier molecular flexibility index (Phi) is 6.76. The summed E-state index contributed by atoms with van der Waals surface area (Å²) in [7, 11) is -3.98. The second kappa shape index (κ2) is 9.10. The third-order valence-electron chi connectivity index (χ3n) is 4.07. The number of carbonyl (C=O) groups is 2. The Balaban J connectivity index is 1.77. The molecule has 0 aromatic heterocycles. The normalized spacial score (nSPS) is 18.3. The molecule has 1 saturated heterocycles. The van der Waals surface area contributed by atoms with E-state index in [1.807, 2.05) is 6.07 Å². The molecule has 0 aliphatic carbocycles. The number of amides is 2. The molecule has 0 bridgehead atoms. The fourth-order valence-corrected chi connectivity index (χ4v) is 5.35. The van der Waals surface area contributed by atoms with Crippen LogP contribution in [0.5, 0.6) is 0 Å². The Morgan fingerprint density at radius 3 is 2.45 bits per heavy atom. The second-order valence-electron chi connectivity index (χ2n) is 6.11. The Bertz CT molecular complexity index is 1040. The summed E-state index contributed by atoms with van der Waals surface area (Å²) >= 11 is 4.25. The SMILES string of the molecule is CCN1C(=O)[C@@H](CC(=O)Nc2ccccc2)SC1=NS(=O)(=O)c1ccc(Br)cc1. The summed E-state index contributed by atoms with van der Waals surface area (Å²) in [5.41, 5.74) is 0.631. The molecule has 7 nitrogen and oxygen atoms in total. The highest BCUT2D eigenvalue weighted by molar-refractivity contribution is 9.10. The molecule has 2 aromatic rings. The van der Waals surface area contributed by atoms with Gasteiger partial charge in [-0.1, -0.05) is 45.9 Å². The Hall–Kier alpha value is -2.17. The number of thioether (sulfide) groups is 1. The lowest BCUT2D eigenvalue weighted by molar-refractivity contribution is -0.128. The van der Waals surface area contributed by atoms with E-state index in [4.69, 9.17) is 0 Å². The minimum Gasteiger partial charge on any atom is -0.326 e. The predicted molar refractivity (Wildman–Crippen MR) is 117 cm³/mol. The maximum Gasteiger partial charge on any atom is 0.284 e. The molecule has 152 valence electrons. The van der Waals surface area contributed by atoms with E-state index in [2.05, 4.69) is 25.6 Å². The average Bonchev–Trinajstić information content (AvgIpc) is 2.96. The molecule has 3 rings (SSSR count). The van der Waals surface area contributed by atoms with Gasteiger partial charge in [-0.05, 0) is 43.3 Å². The average molecular weight is 496 g/mol. The van der Waals surface area contributed by atoms with Crippen LogP contribution in [0.25, 0.3) is 0 Å². The molecule has 0 saturated carbocycles. The number of nitrogens with one attached hydrogen (secondary N) is 1. The number of para-hydroxylation sites is 1. The van der Waals surface area contributed by atoms with E-state index in [9.17, 15) is 18.0 Å². The van der Waals surface area contributed by atoms with Crippen molar-refractivity contribution in [3.05, 3.63) is 59.1 Å². The molecule has 1 aliphatic heterocycles. The van der Waals surface area contributed by atoms with Crippen molar-refractivity contribution < 1.29 is 18.0 Å². The summed E-state index contributed by atoms with van der Waals surface area (Å²) in [6.45, 7) is 1.99. The van der Waals surface area contributed by atoms with Gasteiger partial charge in [-0.25, -0.2) is 0 Å². The molecule has 0 spiro atoms. The third-order valence-corrected chi connectivity index (χ3v) is 7.18. The van der Waals surface area contributed by atoms with Crippen LogP contribution in [-0.2, 0) is 19.6 Å². The van der Waals surface area contributed by atoms with E-state index in [0.717, 1.165) is 16.2 Å². The van der Waals surface area contributed by atoms with Crippen molar-refractivity contribution in [3.63, 3.8) is 0 Å². The van der Waals surface area contributed by atoms with Crippen LogP contribution in [0.4, 0.5) is 5.69 Å². The van der Waals surface area contributed by atoms with Crippen LogP contribution >= 0.6 is 27.7 Å². The van der Waals surface area contributed by atoms with E-state index >= 15 is 0 Å². The van der Waals surface area contributed by atoms with Crippen molar-refractivity contribution in [2.45, 2.75) is 23.5 Å². The van der Waals surface area contributed by atoms with Crippen LogP contribution in [0.15, 0.2) is 68.4 Å². The van der Waals surface area contributed by atoms with Gasteiger partial charge >= 0.3 is 0 Å². The Morgan fingerprint density at radius 1 is 1.17 bits per heavy atom. The van der Waals surface area contributed by atoms with Crippen LogP contribution < -0.4 is 5.32 Å². The third kappa shape index (κ3) is 5.26. The Labute approximate surface area is 181 Å². The summed E-state index contributed by atoms with van der Waals surface area (Å²) in [5, 5.41) is 2.09. The van der Waals surface area contributed by atoms with Gasteiger partial charge in [0.05, 0.1) is 4.90 Å². The standard InChI is InChI=1S/C19H18BrN3O4S2/c1-2-23-18(25)16(12-17(24)21-14-6-4-3-5-7-14)28-19(23)22-29(26,27)15-10-8-13(20)9-11-15/h3-11,16H,2,12H2,1H3,(H,21,24)/t16-/m1/s1. The predicted octanol–water partition coefficient (Wildman–Crippen LogP) is 3.49. The first-order valence-corrected chi connectivity index (χ1v) is 11.8. The highest BCUT2D eigenvalue weighted by atomic mass is 79.9. The van der Waals surface area contributed by atoms with Gasteiger partial charge in [-0.15, -0.1) is 4.40 Å². The second-order valence-corrected chi connectivity index (χ2v) is 9.80. The van der Waals surface area contributed by atoms with Crippen molar-refractivity contribution in [1.29, 1.82) is 0 Å². The van der Waals surface area contributed by atoms with E-state index in [1.165, 1.54) is 17.0 Å². The van der Waals surface area contributed by atoms with Gasteiger partial charge in [0.15, 0.2) is 5.17 Å². The van der Waals surface area contributed by atoms with E-state index in [1.54, 1.807) is 43.3 Å². The molecule has 10 heteroatoms. The van der Waals surface area contributed by atoms with Crippen LogP contribution in [0.2, 0.25) is 0 Å². The molecule has 2 aromatic carbocycles. The number of anilines is 1. The number of hydrogen-bond donors (Lipinski definition) is 1. The maximum absolute atomic E-state index is 12.6. The lowest BCUT2D eigenvalue weighted by atomic mass is 10.2. The number of nitrogens with zero attached hydrogens (tertiary/aromatic N) is 2. The molecule has 1 N–H and O–H groups in total. The number of hydrogen-bond acceptors (Lipinski definition) is 5. The largest absolute Gasteiger partial charge is 0.326 e. The zero-order chi connectivity index (χ0) is 21.0. The van der Waals surface area contributed by atoms with Crippen molar-refractivity contribution in [3.8, 4) is 0 Å². The first-order chi connectivity index (χ1) is 13.8. The van der Waals surface area contributed by atoms with Crippen molar-refractivity contribution in [1.82, 2.24) is 4.90 Å². The fourth-order valence-electron chi connectivity index (χ4n) is 2.66. The van der Waals surface area contributed by atoms with Gasteiger partial charge in [0.2, 0.25) is 11.8 Å². The summed E-state index contributed by atoms with van der Waals surface area (Å²) in [6, 6.07) is 15.0. The minimum atomic E-state index is -3.98. The van der Waals surface area contributed by atoms with Gasteiger partial charge < -0.3 is 5.32 Å². The summed E-state index contributed by atoms with van der Waals surface area (Å²) < 4.78 is 29.8. The van der Waals surface area contributed by atoms with E-state index in [-0.39, 0.29) is 34.8 Å². The molecular formula is C19H18BrN3O4S2. The lowest BCUT2D eigenvalue weighted by Gasteiger charge is -2.13. The molecule has 1 atom stereocenters. The van der Waals surface area contributed by atoms with Gasteiger partial charge in [0.25, 0.3) is 10.0 Å². The minimum absolute atomic E-state index is 0.0302. The zero-order valence-corrected chi connectivity index (χ0v) is 18.6. The first kappa shape index (κ1) is 21.5. The van der Waals surface area contributed by atoms with Gasteiger partial charge in [-0.3, -0.25) is 14.5 Å². The number of rotatable bonds is 6. The number of amidine groups is 1. The van der Waals surface area contributed by atoms with Gasteiger partial charge in [0.1, 0.15) is 5.25 Å². The maximum atomic E-state index is 12.6. The number of carbonyl (C=O) groups excluding carboxylic acids is 2. The summed E-state index contributed by atoms with van der Waals surface area (Å²) in [5.74, 6) is -0.652. The van der Waals surface area contributed by atoms with Crippen molar-refractivity contribution in [2.75, 3.05) is 11.9 Å². The monoisotopic (exact) mass is 495 g/mol. The van der Waals surface area contributed by atoms with E-state index < -0.39 is 15.3 Å². The molecule has 1 fully saturated rings. The first-order valence-electron chi connectivity index (χ1n) is 8.73. The topological polar surface area (TPSA) is 95.9 Å². The summed E-state index contributed by atoms with van der Waals surface area (Å²) in [4.78, 5) is 26.3. The zero-order valence-electron chi connectivity index (χ0n) is 15.4. The molecular weight excluding hydrogens is 478 g/mol. The number of halogens is 1. The Morgan fingerprint density at radius 2 is 1.83 bits per heavy atom. The van der Waals surface area contributed by atoms with Gasteiger partial charge in [-0.2, -0.15) is 8.42 Å². The highest BCUT2D eigenvalue weighted by Gasteiger charge is 2.39. The molecule has 29 heavy (non-hydrogen) atoms. The molecule has 1 heterocycles. The molecule has 0 unspecified atom stereocenters. The smallest absolute Gasteiger partial charge is 0.284 e. The quantitative estimate of drug-likeness (QED) is 0.661. The number of benzene rings is 2. The number of sulfonamides is 1. The van der Waals surface area contributed by atoms with Crippen LogP contribution in [0.1, 0.15) is 13.3 Å². The van der Waals surface area contributed by atoms with Crippen molar-refractivity contribution >= 4 is 60.4 Å². The van der Waals surface area contributed by atoms with Crippen LogP contribution in [-0.4, -0.2) is 42.1 Å². The van der Waals surface area contributed by atoms with Crippen molar-refractivity contribution in [2.24, 2.45) is 4.40 Å². The van der Waals surface area contributed by atoms with Crippen LogP contribution in [0.3, 0.4) is 0 Å². The van der Waals surface area contributed by atoms with Crippen LogP contribution in [0, 0.1) is 0 Å². The fraction of sp³-hybridized carbons (Fsp3) is 0.211. The highest BCUT2D eigenvalue weighted by Crippen LogP contribution is 2.31. The molecule has 1 aliphatic rings. The lowest BCUT2D eigenvalue weighted by Crippen LogP contribution is -2.33.